The molecule has 128 valence electrons. The SMILES string of the molecule is CC(C)(C)OC(=O)NC1CCN(C(=O)c2cccc(C#N)c2)CC1. The van der Waals surface area contributed by atoms with Crippen LogP contribution in [0.3, 0.4) is 0 Å². The van der Waals surface area contributed by atoms with Gasteiger partial charge in [0.1, 0.15) is 5.60 Å². The van der Waals surface area contributed by atoms with Crippen LogP contribution in [0.5, 0.6) is 0 Å². The highest BCUT2D eigenvalue weighted by molar-refractivity contribution is 5.94. The van der Waals surface area contributed by atoms with Gasteiger partial charge in [-0.3, -0.25) is 4.79 Å². The van der Waals surface area contributed by atoms with Gasteiger partial charge < -0.3 is 15.0 Å². The molecule has 1 aromatic carbocycles. The first-order valence-electron chi connectivity index (χ1n) is 8.07. The van der Waals surface area contributed by atoms with Gasteiger partial charge in [-0.05, 0) is 51.8 Å². The zero-order chi connectivity index (χ0) is 17.7. The molecular weight excluding hydrogens is 306 g/mol. The van der Waals surface area contributed by atoms with Crippen LogP contribution in [0.15, 0.2) is 24.3 Å². The van der Waals surface area contributed by atoms with Crippen molar-refractivity contribution in [1.82, 2.24) is 10.2 Å². The highest BCUT2D eigenvalue weighted by Crippen LogP contribution is 2.16. The van der Waals surface area contributed by atoms with E-state index in [9.17, 15) is 9.59 Å². The minimum atomic E-state index is -0.521. The van der Waals surface area contributed by atoms with Gasteiger partial charge in [0, 0.05) is 24.7 Å². The van der Waals surface area contributed by atoms with Crippen LogP contribution in [0.2, 0.25) is 0 Å². The Hall–Kier alpha value is -2.55. The number of nitrogens with one attached hydrogen (secondary N) is 1. The smallest absolute Gasteiger partial charge is 0.407 e. The summed E-state index contributed by atoms with van der Waals surface area (Å²) in [5, 5.41) is 11.8. The molecule has 1 heterocycles. The maximum Gasteiger partial charge on any atom is 0.407 e. The molecule has 0 bridgehead atoms. The predicted molar refractivity (Wildman–Crippen MR) is 89.5 cm³/mol. The van der Waals surface area contributed by atoms with Crippen molar-refractivity contribution in [1.29, 1.82) is 5.26 Å². The highest BCUT2D eigenvalue weighted by Gasteiger charge is 2.26. The number of alkyl carbamates (subject to hydrolysis) is 1. The second-order valence-electron chi connectivity index (χ2n) is 6.91. The molecule has 1 aliphatic heterocycles. The van der Waals surface area contributed by atoms with Crippen LogP contribution in [0.25, 0.3) is 0 Å². The summed E-state index contributed by atoms with van der Waals surface area (Å²) in [6.07, 6.45) is 0.945. The number of carbonyl (C=O) groups excluding carboxylic acids is 2. The molecule has 2 amide bonds. The van der Waals surface area contributed by atoms with Crippen molar-refractivity contribution in [2.75, 3.05) is 13.1 Å². The van der Waals surface area contributed by atoms with E-state index in [1.54, 1.807) is 29.2 Å². The fraction of sp³-hybridized carbons (Fsp3) is 0.500. The van der Waals surface area contributed by atoms with Gasteiger partial charge in [-0.15, -0.1) is 0 Å². The van der Waals surface area contributed by atoms with Gasteiger partial charge in [0.2, 0.25) is 0 Å². The summed E-state index contributed by atoms with van der Waals surface area (Å²) in [5.41, 5.74) is 0.474. The van der Waals surface area contributed by atoms with Crippen LogP contribution >= 0.6 is 0 Å². The minimum Gasteiger partial charge on any atom is -0.444 e. The summed E-state index contributed by atoms with van der Waals surface area (Å²) in [6.45, 7) is 6.60. The first-order chi connectivity index (χ1) is 11.3. The quantitative estimate of drug-likeness (QED) is 0.904. The van der Waals surface area contributed by atoms with Crippen molar-refractivity contribution in [3.05, 3.63) is 35.4 Å². The lowest BCUT2D eigenvalue weighted by molar-refractivity contribution is 0.0473. The largest absolute Gasteiger partial charge is 0.444 e. The van der Waals surface area contributed by atoms with E-state index in [4.69, 9.17) is 10.00 Å². The monoisotopic (exact) mass is 329 g/mol. The highest BCUT2D eigenvalue weighted by atomic mass is 16.6. The molecule has 24 heavy (non-hydrogen) atoms. The van der Waals surface area contributed by atoms with E-state index in [1.165, 1.54) is 0 Å². The van der Waals surface area contributed by atoms with Gasteiger partial charge >= 0.3 is 6.09 Å². The van der Waals surface area contributed by atoms with Gasteiger partial charge in [0.25, 0.3) is 5.91 Å². The number of hydrogen-bond donors (Lipinski definition) is 1. The Morgan fingerprint density at radius 3 is 2.54 bits per heavy atom. The number of hydrogen-bond acceptors (Lipinski definition) is 4. The van der Waals surface area contributed by atoms with Crippen LogP contribution in [0, 0.1) is 11.3 Å². The number of amides is 2. The Balaban J connectivity index is 1.87. The standard InChI is InChI=1S/C18H23N3O3/c1-18(2,3)24-17(23)20-15-7-9-21(10-8-15)16(22)14-6-4-5-13(11-14)12-19/h4-6,11,15H,7-10H2,1-3H3,(H,20,23). The van der Waals surface area contributed by atoms with Gasteiger partial charge in [-0.25, -0.2) is 4.79 Å². The fourth-order valence-corrected chi connectivity index (χ4v) is 2.61. The average molecular weight is 329 g/mol. The molecule has 0 aromatic heterocycles. The van der Waals surface area contributed by atoms with Crippen LogP contribution < -0.4 is 5.32 Å². The summed E-state index contributed by atoms with van der Waals surface area (Å²) in [6, 6.07) is 8.76. The van der Waals surface area contributed by atoms with Crippen molar-refractivity contribution in [2.24, 2.45) is 0 Å². The van der Waals surface area contributed by atoms with Gasteiger partial charge in [-0.1, -0.05) is 6.07 Å². The van der Waals surface area contributed by atoms with E-state index in [-0.39, 0.29) is 11.9 Å². The number of nitriles is 1. The maximum absolute atomic E-state index is 12.5. The molecule has 1 saturated heterocycles. The lowest BCUT2D eigenvalue weighted by Crippen LogP contribution is -2.47. The van der Waals surface area contributed by atoms with Crippen molar-refractivity contribution in [2.45, 2.75) is 45.3 Å². The van der Waals surface area contributed by atoms with Crippen molar-refractivity contribution < 1.29 is 14.3 Å². The van der Waals surface area contributed by atoms with E-state index in [2.05, 4.69) is 5.32 Å². The van der Waals surface area contributed by atoms with Gasteiger partial charge in [-0.2, -0.15) is 5.26 Å². The maximum atomic E-state index is 12.5. The Bertz CT molecular complexity index is 650. The number of ether oxygens (including phenoxy) is 1. The van der Waals surface area contributed by atoms with E-state index < -0.39 is 11.7 Å². The average Bonchev–Trinajstić information content (AvgIpc) is 2.53. The van der Waals surface area contributed by atoms with Crippen LogP contribution in [-0.2, 0) is 4.74 Å². The second-order valence-corrected chi connectivity index (χ2v) is 6.91. The number of carbonyl (C=O) groups is 2. The first-order valence-corrected chi connectivity index (χ1v) is 8.07. The number of likely N-dealkylation sites (tertiary alicyclic amines) is 1. The van der Waals surface area contributed by atoms with Gasteiger partial charge in [0.05, 0.1) is 11.6 Å². The molecule has 6 nitrogen and oxygen atoms in total. The molecular formula is C18H23N3O3. The van der Waals surface area contributed by atoms with Crippen LogP contribution in [0.4, 0.5) is 4.79 Å². The van der Waals surface area contributed by atoms with E-state index in [0.717, 1.165) is 0 Å². The Labute approximate surface area is 142 Å². The minimum absolute atomic E-state index is 0.00865. The molecule has 0 spiro atoms. The summed E-state index contributed by atoms with van der Waals surface area (Å²) < 4.78 is 5.25. The summed E-state index contributed by atoms with van der Waals surface area (Å²) in [5.74, 6) is -0.0807. The molecule has 1 fully saturated rings. The number of nitrogens with zero attached hydrogens (tertiary/aromatic N) is 2. The zero-order valence-corrected chi connectivity index (χ0v) is 14.3. The Kier molecular flexibility index (Phi) is 5.45. The second kappa shape index (κ2) is 7.35. The molecule has 2 rings (SSSR count). The molecule has 1 N–H and O–H groups in total. The molecule has 0 aliphatic carbocycles. The number of piperidine rings is 1. The molecule has 1 aromatic rings. The summed E-state index contributed by atoms with van der Waals surface area (Å²) in [7, 11) is 0. The fourth-order valence-electron chi connectivity index (χ4n) is 2.61. The van der Waals surface area contributed by atoms with E-state index >= 15 is 0 Å². The Morgan fingerprint density at radius 2 is 1.96 bits per heavy atom. The third kappa shape index (κ3) is 4.98. The predicted octanol–water partition coefficient (Wildman–Crippen LogP) is 2.69. The number of rotatable bonds is 2. The van der Waals surface area contributed by atoms with Crippen molar-refractivity contribution in [3.8, 4) is 6.07 Å². The topological polar surface area (TPSA) is 82.4 Å². The number of benzene rings is 1. The van der Waals surface area contributed by atoms with E-state index in [1.807, 2.05) is 26.8 Å². The molecule has 6 heteroatoms. The normalized spacial score (nSPS) is 15.5. The summed E-state index contributed by atoms with van der Waals surface area (Å²) in [4.78, 5) is 26.0. The third-order valence-electron chi connectivity index (χ3n) is 3.74. The van der Waals surface area contributed by atoms with E-state index in [0.29, 0.717) is 37.1 Å². The molecule has 1 aliphatic rings. The van der Waals surface area contributed by atoms with Crippen LogP contribution in [-0.4, -0.2) is 41.6 Å². The molecule has 0 unspecified atom stereocenters. The molecule has 0 radical (unpaired) electrons. The third-order valence-corrected chi connectivity index (χ3v) is 3.74. The van der Waals surface area contributed by atoms with Crippen LogP contribution in [0.1, 0.15) is 49.5 Å². The first kappa shape index (κ1) is 17.8. The zero-order valence-electron chi connectivity index (χ0n) is 14.3. The summed E-state index contributed by atoms with van der Waals surface area (Å²) >= 11 is 0. The Morgan fingerprint density at radius 1 is 1.29 bits per heavy atom. The molecule has 0 saturated carbocycles. The molecule has 0 atom stereocenters. The lowest BCUT2D eigenvalue weighted by atomic mass is 10.0. The lowest BCUT2D eigenvalue weighted by Gasteiger charge is -2.33. The van der Waals surface area contributed by atoms with Crippen molar-refractivity contribution >= 4 is 12.0 Å². The van der Waals surface area contributed by atoms with Crippen molar-refractivity contribution in [3.63, 3.8) is 0 Å². The van der Waals surface area contributed by atoms with Gasteiger partial charge in [0.15, 0.2) is 0 Å².